The molecule has 4 nitrogen and oxygen atoms in total. The Bertz CT molecular complexity index is 558. The molecule has 18 heavy (non-hydrogen) atoms. The maximum atomic E-state index is 13.8. The topological polar surface area (TPSA) is 47.0 Å². The summed E-state index contributed by atoms with van der Waals surface area (Å²) in [6, 6.07) is 5.21. The minimum Gasteiger partial charge on any atom is -0.494 e. The van der Waals surface area contributed by atoms with Crippen molar-refractivity contribution < 1.29 is 13.5 Å². The Morgan fingerprint density at radius 2 is 1.89 bits per heavy atom. The number of halogens is 2. The zero-order valence-electron chi connectivity index (χ0n) is 9.87. The molecule has 1 aromatic carbocycles. The van der Waals surface area contributed by atoms with Crippen LogP contribution in [0.4, 0.5) is 14.6 Å². The van der Waals surface area contributed by atoms with Gasteiger partial charge in [-0.15, -0.1) is 10.2 Å². The first-order valence-corrected chi connectivity index (χ1v) is 5.20. The van der Waals surface area contributed by atoms with Crippen molar-refractivity contribution in [3.8, 4) is 17.0 Å². The molecule has 1 aromatic heterocycles. The van der Waals surface area contributed by atoms with Gasteiger partial charge in [0.2, 0.25) is 0 Å². The highest BCUT2D eigenvalue weighted by molar-refractivity contribution is 5.61. The summed E-state index contributed by atoms with van der Waals surface area (Å²) in [7, 11) is 2.97. The number of hydrogen-bond donors (Lipinski definition) is 1. The number of rotatable bonds is 3. The number of nitrogens with zero attached hydrogens (tertiary/aromatic N) is 2. The number of ether oxygens (including phenoxy) is 1. The Morgan fingerprint density at radius 3 is 2.44 bits per heavy atom. The van der Waals surface area contributed by atoms with Crippen LogP contribution in [0.25, 0.3) is 11.3 Å². The maximum absolute atomic E-state index is 13.8. The Morgan fingerprint density at radius 1 is 1.11 bits per heavy atom. The molecule has 6 heteroatoms. The predicted molar refractivity (Wildman–Crippen MR) is 63.5 cm³/mol. The summed E-state index contributed by atoms with van der Waals surface area (Å²) >= 11 is 0. The average Bonchev–Trinajstić information content (AvgIpc) is 2.41. The molecule has 0 aliphatic carbocycles. The zero-order chi connectivity index (χ0) is 13.1. The molecule has 0 aliphatic heterocycles. The zero-order valence-corrected chi connectivity index (χ0v) is 9.87. The second kappa shape index (κ2) is 4.95. The van der Waals surface area contributed by atoms with Gasteiger partial charge in [0, 0.05) is 18.7 Å². The van der Waals surface area contributed by atoms with E-state index in [0.29, 0.717) is 5.82 Å². The van der Waals surface area contributed by atoms with E-state index < -0.39 is 11.6 Å². The highest BCUT2D eigenvalue weighted by Crippen LogP contribution is 2.27. The van der Waals surface area contributed by atoms with E-state index in [4.69, 9.17) is 4.74 Å². The van der Waals surface area contributed by atoms with Crippen LogP contribution >= 0.6 is 0 Å². The van der Waals surface area contributed by atoms with Crippen molar-refractivity contribution in [2.45, 2.75) is 0 Å². The molecule has 0 saturated heterocycles. The Labute approximate surface area is 103 Å². The summed E-state index contributed by atoms with van der Waals surface area (Å²) in [5.74, 6) is -0.850. The summed E-state index contributed by atoms with van der Waals surface area (Å²) < 4.78 is 32.0. The van der Waals surface area contributed by atoms with E-state index in [2.05, 4.69) is 15.5 Å². The van der Waals surface area contributed by atoms with Crippen LogP contribution in [0, 0.1) is 11.6 Å². The van der Waals surface area contributed by atoms with Crippen LogP contribution in [0.2, 0.25) is 0 Å². The molecule has 0 aliphatic rings. The average molecular weight is 251 g/mol. The largest absolute Gasteiger partial charge is 0.494 e. The van der Waals surface area contributed by atoms with Gasteiger partial charge in [-0.2, -0.15) is 0 Å². The molecule has 2 aromatic rings. The number of benzene rings is 1. The molecule has 0 spiro atoms. The van der Waals surface area contributed by atoms with Gasteiger partial charge in [0.1, 0.15) is 11.6 Å². The predicted octanol–water partition coefficient (Wildman–Crippen LogP) is 2.47. The summed E-state index contributed by atoms with van der Waals surface area (Å²) in [5, 5.41) is 10.4. The lowest BCUT2D eigenvalue weighted by atomic mass is 10.1. The lowest BCUT2D eigenvalue weighted by Gasteiger charge is -2.06. The van der Waals surface area contributed by atoms with Gasteiger partial charge in [-0.05, 0) is 18.2 Å². The quantitative estimate of drug-likeness (QED) is 0.910. The van der Waals surface area contributed by atoms with E-state index >= 15 is 0 Å². The fourth-order valence-corrected chi connectivity index (χ4v) is 1.49. The van der Waals surface area contributed by atoms with Crippen molar-refractivity contribution in [3.05, 3.63) is 35.9 Å². The lowest BCUT2D eigenvalue weighted by molar-refractivity contribution is 0.383. The van der Waals surface area contributed by atoms with Crippen molar-refractivity contribution in [2.75, 3.05) is 19.5 Å². The molecule has 1 N–H and O–H groups in total. The molecule has 2 rings (SSSR count). The molecular formula is C12H11F2N3O. The summed E-state index contributed by atoms with van der Waals surface area (Å²) in [6.07, 6.45) is 0. The standard InChI is InChI=1S/C12H11F2N3O/c1-15-12-4-3-10(16-17-12)7-5-9(14)11(18-2)6-8(7)13/h3-6H,1-2H3,(H,15,17). The van der Waals surface area contributed by atoms with Crippen molar-refractivity contribution in [2.24, 2.45) is 0 Å². The van der Waals surface area contributed by atoms with Gasteiger partial charge in [-0.3, -0.25) is 0 Å². The Kier molecular flexibility index (Phi) is 3.36. The minimum absolute atomic E-state index is 0.0449. The van der Waals surface area contributed by atoms with Gasteiger partial charge in [0.05, 0.1) is 12.8 Å². The van der Waals surface area contributed by atoms with E-state index in [1.165, 1.54) is 7.11 Å². The van der Waals surface area contributed by atoms with Crippen molar-refractivity contribution in [3.63, 3.8) is 0 Å². The summed E-state index contributed by atoms with van der Waals surface area (Å²) in [4.78, 5) is 0. The monoisotopic (exact) mass is 251 g/mol. The summed E-state index contributed by atoms with van der Waals surface area (Å²) in [6.45, 7) is 0. The molecule has 0 fully saturated rings. The van der Waals surface area contributed by atoms with Crippen LogP contribution in [-0.4, -0.2) is 24.4 Å². The fraction of sp³-hybridized carbons (Fsp3) is 0.167. The first kappa shape index (κ1) is 12.2. The highest BCUT2D eigenvalue weighted by Gasteiger charge is 2.13. The van der Waals surface area contributed by atoms with Crippen LogP contribution in [0.3, 0.4) is 0 Å². The van der Waals surface area contributed by atoms with Crippen molar-refractivity contribution in [1.82, 2.24) is 10.2 Å². The minimum atomic E-state index is -0.645. The van der Waals surface area contributed by atoms with Crippen LogP contribution in [-0.2, 0) is 0 Å². The Hall–Kier alpha value is -2.24. The van der Waals surface area contributed by atoms with Gasteiger partial charge in [-0.1, -0.05) is 0 Å². The number of anilines is 1. The van der Waals surface area contributed by atoms with Crippen LogP contribution in [0.5, 0.6) is 5.75 Å². The van der Waals surface area contributed by atoms with E-state index in [9.17, 15) is 8.78 Å². The highest BCUT2D eigenvalue weighted by atomic mass is 19.1. The molecule has 0 amide bonds. The van der Waals surface area contributed by atoms with Crippen LogP contribution in [0.1, 0.15) is 0 Å². The van der Waals surface area contributed by atoms with Crippen molar-refractivity contribution in [1.29, 1.82) is 0 Å². The van der Waals surface area contributed by atoms with Gasteiger partial charge < -0.3 is 10.1 Å². The normalized spacial score (nSPS) is 10.2. The third kappa shape index (κ3) is 2.22. The molecule has 1 heterocycles. The van der Waals surface area contributed by atoms with E-state index in [1.807, 2.05) is 0 Å². The smallest absolute Gasteiger partial charge is 0.165 e. The van der Waals surface area contributed by atoms with E-state index in [0.717, 1.165) is 12.1 Å². The first-order chi connectivity index (χ1) is 8.65. The lowest BCUT2D eigenvalue weighted by Crippen LogP contribution is -1.98. The summed E-state index contributed by atoms with van der Waals surface area (Å²) in [5.41, 5.74) is 0.302. The molecule has 0 atom stereocenters. The molecule has 0 saturated carbocycles. The number of methoxy groups -OCH3 is 1. The van der Waals surface area contributed by atoms with Crippen LogP contribution in [0.15, 0.2) is 24.3 Å². The molecular weight excluding hydrogens is 240 g/mol. The van der Waals surface area contributed by atoms with Gasteiger partial charge in [-0.25, -0.2) is 8.78 Å². The fourth-order valence-electron chi connectivity index (χ4n) is 1.49. The first-order valence-electron chi connectivity index (χ1n) is 5.20. The molecule has 0 radical (unpaired) electrons. The van der Waals surface area contributed by atoms with Gasteiger partial charge in [0.15, 0.2) is 11.6 Å². The van der Waals surface area contributed by atoms with E-state index in [1.54, 1.807) is 19.2 Å². The third-order valence-electron chi connectivity index (χ3n) is 2.44. The maximum Gasteiger partial charge on any atom is 0.165 e. The third-order valence-corrected chi connectivity index (χ3v) is 2.44. The number of nitrogens with one attached hydrogen (secondary N) is 1. The van der Waals surface area contributed by atoms with Crippen molar-refractivity contribution >= 4 is 5.82 Å². The number of hydrogen-bond acceptors (Lipinski definition) is 4. The SMILES string of the molecule is CNc1ccc(-c2cc(F)c(OC)cc2F)nn1. The molecule has 0 bridgehead atoms. The van der Waals surface area contributed by atoms with Gasteiger partial charge >= 0.3 is 0 Å². The second-order valence-corrected chi connectivity index (χ2v) is 3.52. The second-order valence-electron chi connectivity index (χ2n) is 3.52. The number of aromatic nitrogens is 2. The van der Waals surface area contributed by atoms with E-state index in [-0.39, 0.29) is 17.0 Å². The van der Waals surface area contributed by atoms with Crippen LogP contribution < -0.4 is 10.1 Å². The molecule has 94 valence electrons. The van der Waals surface area contributed by atoms with Gasteiger partial charge in [0.25, 0.3) is 0 Å². The molecule has 0 unspecified atom stereocenters. The Balaban J connectivity index is 2.46.